The number of halogens is 2. The Morgan fingerprint density at radius 1 is 1.42 bits per heavy atom. The van der Waals surface area contributed by atoms with Crippen LogP contribution in [0.1, 0.15) is 29.8 Å². The summed E-state index contributed by atoms with van der Waals surface area (Å²) in [7, 11) is 0. The Balaban J connectivity index is 0.00000180. The van der Waals surface area contributed by atoms with E-state index in [0.717, 1.165) is 27.8 Å². The number of carbonyl (C=O) groups excluding carboxylic acids is 1. The lowest BCUT2D eigenvalue weighted by atomic mass is 10.1. The zero-order chi connectivity index (χ0) is 13.3. The second-order valence-electron chi connectivity index (χ2n) is 5.05. The van der Waals surface area contributed by atoms with E-state index in [-0.39, 0.29) is 24.4 Å². The first kappa shape index (κ1) is 16.7. The van der Waals surface area contributed by atoms with Crippen molar-refractivity contribution >= 4 is 40.9 Å². The van der Waals surface area contributed by atoms with Crippen molar-refractivity contribution in [1.82, 2.24) is 10.2 Å². The van der Waals surface area contributed by atoms with Crippen molar-refractivity contribution in [1.29, 1.82) is 0 Å². The zero-order valence-electron chi connectivity index (χ0n) is 11.4. The number of hydrogen-bond acceptors (Lipinski definition) is 2. The van der Waals surface area contributed by atoms with Gasteiger partial charge in [-0.25, -0.2) is 0 Å². The van der Waals surface area contributed by atoms with Crippen molar-refractivity contribution in [2.75, 3.05) is 13.1 Å². The molecule has 1 saturated heterocycles. The van der Waals surface area contributed by atoms with Crippen LogP contribution >= 0.6 is 35.0 Å². The molecule has 1 aromatic rings. The molecule has 1 N–H and O–H groups in total. The number of piperazine rings is 1. The fraction of sp³-hybridized carbons (Fsp3) is 0.500. The molecule has 0 radical (unpaired) electrons. The van der Waals surface area contributed by atoms with Gasteiger partial charge in [0.25, 0.3) is 5.91 Å². The minimum atomic E-state index is 0. The number of nitrogens with zero attached hydrogens (tertiary/aromatic N) is 1. The van der Waals surface area contributed by atoms with E-state index >= 15 is 0 Å². The summed E-state index contributed by atoms with van der Waals surface area (Å²) < 4.78 is 1.07. The van der Waals surface area contributed by atoms with E-state index in [9.17, 15) is 4.79 Å². The molecule has 1 aliphatic rings. The Morgan fingerprint density at radius 3 is 2.79 bits per heavy atom. The van der Waals surface area contributed by atoms with Crippen LogP contribution in [-0.4, -0.2) is 36.0 Å². The summed E-state index contributed by atoms with van der Waals surface area (Å²) in [4.78, 5) is 14.6. The Kier molecular flexibility index (Phi) is 6.08. The lowest BCUT2D eigenvalue weighted by molar-refractivity contribution is 0.0615. The third-order valence-corrected chi connectivity index (χ3v) is 4.88. The molecular weight excluding hydrogens is 375 g/mol. The first-order chi connectivity index (χ1) is 8.50. The molecule has 1 aromatic carbocycles. The monoisotopic (exact) mass is 394 g/mol. The highest BCUT2D eigenvalue weighted by atomic mass is 127. The minimum Gasteiger partial charge on any atom is -0.333 e. The Hall–Kier alpha value is -0.330. The largest absolute Gasteiger partial charge is 0.333 e. The third kappa shape index (κ3) is 3.61. The van der Waals surface area contributed by atoms with Gasteiger partial charge >= 0.3 is 0 Å². The van der Waals surface area contributed by atoms with Crippen LogP contribution in [0.3, 0.4) is 0 Å². The molecule has 1 amide bonds. The Labute approximate surface area is 134 Å². The van der Waals surface area contributed by atoms with E-state index in [0.29, 0.717) is 6.04 Å². The maximum atomic E-state index is 12.6. The maximum Gasteiger partial charge on any atom is 0.255 e. The van der Waals surface area contributed by atoms with E-state index < -0.39 is 0 Å². The van der Waals surface area contributed by atoms with Crippen LogP contribution in [0, 0.1) is 10.5 Å². The fourth-order valence-electron chi connectivity index (χ4n) is 2.27. The van der Waals surface area contributed by atoms with Gasteiger partial charge in [0.15, 0.2) is 0 Å². The van der Waals surface area contributed by atoms with Crippen LogP contribution in [0.15, 0.2) is 18.2 Å². The molecule has 2 atom stereocenters. The summed E-state index contributed by atoms with van der Waals surface area (Å²) >= 11 is 2.27. The standard InChI is InChI=1S/C14H19IN2O.ClH/c1-9-5-4-6-12(13(9)15)14(18)17-8-10(2)16-7-11(17)3;/h4-6,10-11,16H,7-8H2,1-3H3;1H. The molecule has 1 heterocycles. The molecule has 5 heteroatoms. The molecule has 0 saturated carbocycles. The van der Waals surface area contributed by atoms with E-state index in [4.69, 9.17) is 0 Å². The second-order valence-corrected chi connectivity index (χ2v) is 6.13. The smallest absolute Gasteiger partial charge is 0.255 e. The lowest BCUT2D eigenvalue weighted by Crippen LogP contribution is -2.56. The topological polar surface area (TPSA) is 32.3 Å². The lowest BCUT2D eigenvalue weighted by Gasteiger charge is -2.37. The average molecular weight is 395 g/mol. The zero-order valence-corrected chi connectivity index (χ0v) is 14.4. The highest BCUT2D eigenvalue weighted by molar-refractivity contribution is 14.1. The average Bonchev–Trinajstić information content (AvgIpc) is 2.35. The summed E-state index contributed by atoms with van der Waals surface area (Å²) in [6.45, 7) is 7.91. The second kappa shape index (κ2) is 6.90. The third-order valence-electron chi connectivity index (χ3n) is 3.45. The minimum absolute atomic E-state index is 0. The summed E-state index contributed by atoms with van der Waals surface area (Å²) in [6.07, 6.45) is 0. The Morgan fingerprint density at radius 2 is 2.11 bits per heavy atom. The first-order valence-electron chi connectivity index (χ1n) is 6.30. The van der Waals surface area contributed by atoms with E-state index in [1.54, 1.807) is 0 Å². The fourth-order valence-corrected chi connectivity index (χ4v) is 2.86. The van der Waals surface area contributed by atoms with Gasteiger partial charge in [0.05, 0.1) is 5.56 Å². The van der Waals surface area contributed by atoms with Crippen LogP contribution in [0.2, 0.25) is 0 Å². The van der Waals surface area contributed by atoms with Crippen molar-refractivity contribution in [3.05, 3.63) is 32.9 Å². The SMILES string of the molecule is Cc1cccc(C(=O)N2CC(C)NCC2C)c1I.Cl. The van der Waals surface area contributed by atoms with Gasteiger partial charge in [0.1, 0.15) is 0 Å². The first-order valence-corrected chi connectivity index (χ1v) is 7.38. The van der Waals surface area contributed by atoms with Crippen LogP contribution in [0.5, 0.6) is 0 Å². The molecule has 1 fully saturated rings. The number of aryl methyl sites for hydroxylation is 1. The number of hydrogen-bond donors (Lipinski definition) is 1. The molecule has 1 aliphatic heterocycles. The molecule has 0 aromatic heterocycles. The number of carbonyl (C=O) groups is 1. The quantitative estimate of drug-likeness (QED) is 0.743. The molecule has 2 rings (SSSR count). The number of nitrogens with one attached hydrogen (secondary N) is 1. The van der Waals surface area contributed by atoms with E-state index in [1.165, 1.54) is 0 Å². The predicted molar refractivity (Wildman–Crippen MR) is 89.1 cm³/mol. The van der Waals surface area contributed by atoms with E-state index in [1.807, 2.05) is 30.0 Å². The summed E-state index contributed by atoms with van der Waals surface area (Å²) in [6, 6.07) is 6.55. The highest BCUT2D eigenvalue weighted by Crippen LogP contribution is 2.20. The molecule has 0 aliphatic carbocycles. The van der Waals surface area contributed by atoms with Gasteiger partial charge < -0.3 is 10.2 Å². The molecular formula is C14H20ClIN2O. The van der Waals surface area contributed by atoms with Gasteiger partial charge in [-0.15, -0.1) is 12.4 Å². The van der Waals surface area contributed by atoms with Crippen LogP contribution < -0.4 is 5.32 Å². The molecule has 0 spiro atoms. The van der Waals surface area contributed by atoms with Gasteiger partial charge in [-0.1, -0.05) is 12.1 Å². The summed E-state index contributed by atoms with van der Waals surface area (Å²) in [5, 5.41) is 3.40. The van der Waals surface area contributed by atoms with Crippen molar-refractivity contribution in [3.8, 4) is 0 Å². The maximum absolute atomic E-state index is 12.6. The van der Waals surface area contributed by atoms with Gasteiger partial charge in [0.2, 0.25) is 0 Å². The summed E-state index contributed by atoms with van der Waals surface area (Å²) in [5.74, 6) is 0.156. The number of amides is 1. The molecule has 19 heavy (non-hydrogen) atoms. The van der Waals surface area contributed by atoms with Crippen molar-refractivity contribution in [2.24, 2.45) is 0 Å². The normalized spacial score (nSPS) is 22.8. The van der Waals surface area contributed by atoms with Crippen molar-refractivity contribution in [3.63, 3.8) is 0 Å². The van der Waals surface area contributed by atoms with Crippen molar-refractivity contribution < 1.29 is 4.79 Å². The van der Waals surface area contributed by atoms with Gasteiger partial charge in [0, 0.05) is 28.7 Å². The number of benzene rings is 1. The summed E-state index contributed by atoms with van der Waals surface area (Å²) in [5.41, 5.74) is 1.99. The molecule has 3 nitrogen and oxygen atoms in total. The van der Waals surface area contributed by atoms with Crippen molar-refractivity contribution in [2.45, 2.75) is 32.9 Å². The molecule has 2 unspecified atom stereocenters. The van der Waals surface area contributed by atoms with Gasteiger partial charge in [-0.3, -0.25) is 4.79 Å². The predicted octanol–water partition coefficient (Wildman–Crippen LogP) is 2.84. The highest BCUT2D eigenvalue weighted by Gasteiger charge is 2.28. The van der Waals surface area contributed by atoms with Crippen LogP contribution in [-0.2, 0) is 0 Å². The van der Waals surface area contributed by atoms with Crippen LogP contribution in [0.25, 0.3) is 0 Å². The van der Waals surface area contributed by atoms with E-state index in [2.05, 4.69) is 41.8 Å². The van der Waals surface area contributed by atoms with Crippen LogP contribution in [0.4, 0.5) is 0 Å². The van der Waals surface area contributed by atoms with Gasteiger partial charge in [-0.2, -0.15) is 0 Å². The van der Waals surface area contributed by atoms with Gasteiger partial charge in [-0.05, 0) is 55.0 Å². The number of rotatable bonds is 1. The molecule has 0 bridgehead atoms. The Bertz CT molecular complexity index is 467. The molecule has 106 valence electrons.